The zero-order chi connectivity index (χ0) is 23.9. The first-order chi connectivity index (χ1) is 15.5. The molecule has 0 aliphatic carbocycles. The van der Waals surface area contributed by atoms with Gasteiger partial charge >= 0.3 is 6.18 Å². The first-order valence-electron chi connectivity index (χ1n) is 9.21. The molecule has 1 heterocycles. The molecule has 0 amide bonds. The van der Waals surface area contributed by atoms with Crippen LogP contribution < -0.4 is 10.3 Å². The van der Waals surface area contributed by atoms with E-state index >= 15 is 0 Å². The Morgan fingerprint density at radius 3 is 2.36 bits per heavy atom. The number of halogens is 7. The number of alkyl halides is 3. The SMILES string of the molecule is O=c1ncn(Cc2c(F)cc(F)cc2F)c2ccc(Oc3cccc(Br)c3C(F)(F)F)cc12. The third-order valence-electron chi connectivity index (χ3n) is 4.74. The molecular weight excluding hydrogens is 518 g/mol. The minimum absolute atomic E-state index is 0.0542. The Morgan fingerprint density at radius 2 is 1.70 bits per heavy atom. The molecule has 1 aromatic heterocycles. The van der Waals surface area contributed by atoms with Crippen LogP contribution in [0.1, 0.15) is 11.1 Å². The zero-order valence-corrected chi connectivity index (χ0v) is 17.8. The van der Waals surface area contributed by atoms with Crippen LogP contribution in [-0.4, -0.2) is 9.55 Å². The second-order valence-electron chi connectivity index (χ2n) is 6.92. The molecule has 3 aromatic carbocycles. The van der Waals surface area contributed by atoms with Gasteiger partial charge in [-0.05, 0) is 30.3 Å². The highest BCUT2D eigenvalue weighted by atomic mass is 79.9. The second kappa shape index (κ2) is 8.54. The fraction of sp³-hybridized carbons (Fsp3) is 0.0909. The van der Waals surface area contributed by atoms with Crippen molar-refractivity contribution < 1.29 is 31.1 Å². The van der Waals surface area contributed by atoms with E-state index in [-0.39, 0.29) is 21.1 Å². The van der Waals surface area contributed by atoms with E-state index in [4.69, 9.17) is 4.74 Å². The molecular formula is C22H11BrF6N2O2. The van der Waals surface area contributed by atoms with Gasteiger partial charge in [-0.1, -0.05) is 22.0 Å². The van der Waals surface area contributed by atoms with Crippen LogP contribution >= 0.6 is 15.9 Å². The van der Waals surface area contributed by atoms with Crippen LogP contribution in [0.2, 0.25) is 0 Å². The molecule has 4 aromatic rings. The fourth-order valence-electron chi connectivity index (χ4n) is 3.27. The number of nitrogens with zero attached hydrogens (tertiary/aromatic N) is 2. The lowest BCUT2D eigenvalue weighted by Crippen LogP contribution is -2.14. The van der Waals surface area contributed by atoms with Gasteiger partial charge in [-0.25, -0.2) is 13.2 Å². The van der Waals surface area contributed by atoms with Crippen molar-refractivity contribution in [2.24, 2.45) is 0 Å². The van der Waals surface area contributed by atoms with Gasteiger partial charge in [0.25, 0.3) is 5.56 Å². The van der Waals surface area contributed by atoms with Gasteiger partial charge in [-0.3, -0.25) is 4.79 Å². The number of aromatic nitrogens is 2. The highest BCUT2D eigenvalue weighted by molar-refractivity contribution is 9.10. The van der Waals surface area contributed by atoms with E-state index in [1.54, 1.807) is 0 Å². The molecule has 0 bridgehead atoms. The van der Waals surface area contributed by atoms with E-state index in [2.05, 4.69) is 20.9 Å². The second-order valence-corrected chi connectivity index (χ2v) is 7.77. The summed E-state index contributed by atoms with van der Waals surface area (Å²) in [5, 5.41) is -0.0542. The van der Waals surface area contributed by atoms with Crippen molar-refractivity contribution in [1.82, 2.24) is 9.55 Å². The summed E-state index contributed by atoms with van der Waals surface area (Å²) in [6, 6.07) is 8.58. The van der Waals surface area contributed by atoms with Crippen molar-refractivity contribution in [1.29, 1.82) is 0 Å². The van der Waals surface area contributed by atoms with Crippen LogP contribution in [0.15, 0.2) is 64.1 Å². The molecule has 0 fully saturated rings. The smallest absolute Gasteiger partial charge is 0.421 e. The molecule has 0 saturated carbocycles. The molecule has 4 rings (SSSR count). The number of rotatable bonds is 4. The minimum Gasteiger partial charge on any atom is -0.457 e. The molecule has 0 unspecified atom stereocenters. The summed E-state index contributed by atoms with van der Waals surface area (Å²) in [4.78, 5) is 15.9. The van der Waals surface area contributed by atoms with Crippen LogP contribution in [-0.2, 0) is 12.7 Å². The first-order valence-corrected chi connectivity index (χ1v) is 10.00. The van der Waals surface area contributed by atoms with Gasteiger partial charge < -0.3 is 9.30 Å². The van der Waals surface area contributed by atoms with Crippen molar-refractivity contribution >= 4 is 26.8 Å². The lowest BCUT2D eigenvalue weighted by molar-refractivity contribution is -0.139. The monoisotopic (exact) mass is 528 g/mol. The number of hydrogen-bond donors (Lipinski definition) is 0. The summed E-state index contributed by atoms with van der Waals surface area (Å²) in [7, 11) is 0. The van der Waals surface area contributed by atoms with E-state index < -0.39 is 52.6 Å². The van der Waals surface area contributed by atoms with E-state index in [0.717, 1.165) is 12.4 Å². The van der Waals surface area contributed by atoms with Crippen molar-refractivity contribution in [2.75, 3.05) is 0 Å². The molecule has 33 heavy (non-hydrogen) atoms. The van der Waals surface area contributed by atoms with Gasteiger partial charge in [0.2, 0.25) is 0 Å². The Labute approximate surface area is 190 Å². The fourth-order valence-corrected chi connectivity index (χ4v) is 3.84. The van der Waals surface area contributed by atoms with Gasteiger partial charge in [0.15, 0.2) is 0 Å². The van der Waals surface area contributed by atoms with Gasteiger partial charge in [0.05, 0.1) is 23.8 Å². The van der Waals surface area contributed by atoms with Crippen LogP contribution in [0.25, 0.3) is 10.9 Å². The van der Waals surface area contributed by atoms with Crippen molar-refractivity contribution in [3.8, 4) is 11.5 Å². The molecule has 0 aliphatic rings. The Hall–Kier alpha value is -3.34. The topological polar surface area (TPSA) is 44.1 Å². The predicted molar refractivity (Wildman–Crippen MR) is 111 cm³/mol. The maximum atomic E-state index is 14.1. The lowest BCUT2D eigenvalue weighted by Gasteiger charge is -2.16. The highest BCUT2D eigenvalue weighted by Crippen LogP contribution is 2.42. The average Bonchev–Trinajstić information content (AvgIpc) is 2.71. The van der Waals surface area contributed by atoms with Crippen LogP contribution in [0.3, 0.4) is 0 Å². The Kier molecular flexibility index (Phi) is 5.91. The summed E-state index contributed by atoms with van der Waals surface area (Å²) in [5.74, 6) is -3.88. The normalized spacial score (nSPS) is 11.7. The Balaban J connectivity index is 1.76. The quantitative estimate of drug-likeness (QED) is 0.286. The predicted octanol–water partition coefficient (Wildman–Crippen LogP) is 6.44. The molecule has 0 atom stereocenters. The maximum Gasteiger partial charge on any atom is 0.421 e. The molecule has 0 aliphatic heterocycles. The van der Waals surface area contributed by atoms with E-state index in [1.807, 2.05) is 0 Å². The maximum absolute atomic E-state index is 14.1. The molecule has 170 valence electrons. The van der Waals surface area contributed by atoms with Gasteiger partial charge in [0, 0.05) is 22.2 Å². The number of hydrogen-bond acceptors (Lipinski definition) is 3. The lowest BCUT2D eigenvalue weighted by atomic mass is 10.1. The van der Waals surface area contributed by atoms with Crippen LogP contribution in [0.5, 0.6) is 11.5 Å². The van der Waals surface area contributed by atoms with Crippen molar-refractivity contribution in [3.63, 3.8) is 0 Å². The van der Waals surface area contributed by atoms with E-state index in [1.165, 1.54) is 34.9 Å². The third-order valence-corrected chi connectivity index (χ3v) is 5.40. The van der Waals surface area contributed by atoms with E-state index in [0.29, 0.717) is 12.1 Å². The van der Waals surface area contributed by atoms with Crippen molar-refractivity contribution in [2.45, 2.75) is 12.7 Å². The summed E-state index contributed by atoms with van der Waals surface area (Å²) >= 11 is 2.86. The van der Waals surface area contributed by atoms with Gasteiger partial charge in [0.1, 0.15) is 34.5 Å². The zero-order valence-electron chi connectivity index (χ0n) is 16.3. The molecule has 0 radical (unpaired) electrons. The average molecular weight is 529 g/mol. The Bertz CT molecular complexity index is 1410. The first kappa shape index (κ1) is 22.8. The molecule has 11 heteroatoms. The molecule has 0 spiro atoms. The number of ether oxygens (including phenoxy) is 1. The Morgan fingerprint density at radius 1 is 1.00 bits per heavy atom. The van der Waals surface area contributed by atoms with Crippen molar-refractivity contribution in [3.05, 3.63) is 98.3 Å². The molecule has 0 N–H and O–H groups in total. The van der Waals surface area contributed by atoms with Crippen LogP contribution in [0.4, 0.5) is 26.3 Å². The highest BCUT2D eigenvalue weighted by Gasteiger charge is 2.37. The number of benzene rings is 3. The van der Waals surface area contributed by atoms with E-state index in [9.17, 15) is 31.1 Å². The standard InChI is InChI=1S/C22H11BrF6N2O2/c23-15-2-1-3-19(20(15)22(27,28)29)33-12-4-5-18-13(8-12)21(32)30-10-31(18)9-14-16(25)6-11(24)7-17(14)26/h1-8,10H,9H2. The molecule has 0 saturated heterocycles. The largest absolute Gasteiger partial charge is 0.457 e. The summed E-state index contributed by atoms with van der Waals surface area (Å²) in [6.45, 7) is -0.411. The third kappa shape index (κ3) is 4.58. The minimum atomic E-state index is -4.70. The van der Waals surface area contributed by atoms with Crippen LogP contribution in [0, 0.1) is 17.5 Å². The summed E-state index contributed by atoms with van der Waals surface area (Å²) < 4.78 is 88.0. The summed E-state index contributed by atoms with van der Waals surface area (Å²) in [5.41, 5.74) is -2.02. The summed E-state index contributed by atoms with van der Waals surface area (Å²) in [6.07, 6.45) is -3.65. The van der Waals surface area contributed by atoms with Gasteiger partial charge in [-0.2, -0.15) is 18.2 Å². The number of fused-ring (bicyclic) bond motifs is 1. The molecule has 4 nitrogen and oxygen atoms in total. The van der Waals surface area contributed by atoms with Gasteiger partial charge in [-0.15, -0.1) is 0 Å².